The van der Waals surface area contributed by atoms with Gasteiger partial charge in [0.05, 0.1) is 0 Å². The zero-order valence-electron chi connectivity index (χ0n) is 8.96. The SMILES string of the molecule is CC(C)=CCNc1cc(N)c(C)cn1. The molecule has 3 N–H and O–H groups in total. The van der Waals surface area contributed by atoms with Gasteiger partial charge in [0.2, 0.25) is 0 Å². The Bertz CT molecular complexity index is 338. The third kappa shape index (κ3) is 3.09. The Hall–Kier alpha value is -1.51. The molecule has 0 atom stereocenters. The minimum Gasteiger partial charge on any atom is -0.398 e. The Balaban J connectivity index is 2.60. The highest BCUT2D eigenvalue weighted by Gasteiger charge is 1.96. The molecule has 1 aromatic heterocycles. The molecule has 0 spiro atoms. The van der Waals surface area contributed by atoms with Crippen molar-refractivity contribution < 1.29 is 0 Å². The lowest BCUT2D eigenvalue weighted by Gasteiger charge is -2.05. The first-order valence-electron chi connectivity index (χ1n) is 4.69. The smallest absolute Gasteiger partial charge is 0.128 e. The molecule has 0 aromatic carbocycles. The third-order valence-corrected chi connectivity index (χ3v) is 1.94. The van der Waals surface area contributed by atoms with E-state index in [2.05, 4.69) is 30.2 Å². The van der Waals surface area contributed by atoms with Crippen molar-refractivity contribution in [3.05, 3.63) is 29.5 Å². The molecule has 1 rings (SSSR count). The van der Waals surface area contributed by atoms with Crippen molar-refractivity contribution >= 4 is 11.5 Å². The van der Waals surface area contributed by atoms with E-state index < -0.39 is 0 Å². The molecule has 0 saturated heterocycles. The van der Waals surface area contributed by atoms with Crippen molar-refractivity contribution in [3.63, 3.8) is 0 Å². The molecule has 76 valence electrons. The molecule has 3 nitrogen and oxygen atoms in total. The van der Waals surface area contributed by atoms with E-state index in [0.717, 1.165) is 23.6 Å². The summed E-state index contributed by atoms with van der Waals surface area (Å²) in [6.45, 7) is 6.87. The first kappa shape index (κ1) is 10.6. The number of aromatic nitrogens is 1. The van der Waals surface area contributed by atoms with Crippen LogP contribution in [0.3, 0.4) is 0 Å². The maximum absolute atomic E-state index is 5.76. The van der Waals surface area contributed by atoms with Crippen molar-refractivity contribution in [1.29, 1.82) is 0 Å². The summed E-state index contributed by atoms with van der Waals surface area (Å²) >= 11 is 0. The third-order valence-electron chi connectivity index (χ3n) is 1.94. The van der Waals surface area contributed by atoms with E-state index in [1.54, 1.807) is 6.20 Å². The molecule has 0 aliphatic carbocycles. The highest BCUT2D eigenvalue weighted by Crippen LogP contribution is 2.13. The topological polar surface area (TPSA) is 50.9 Å². The predicted octanol–water partition coefficient (Wildman–Crippen LogP) is 2.35. The predicted molar refractivity (Wildman–Crippen MR) is 61.3 cm³/mol. The number of nitrogens with one attached hydrogen (secondary N) is 1. The van der Waals surface area contributed by atoms with Gasteiger partial charge in [-0.15, -0.1) is 0 Å². The molecule has 0 radical (unpaired) electrons. The number of nitrogen functional groups attached to an aromatic ring is 1. The van der Waals surface area contributed by atoms with Gasteiger partial charge < -0.3 is 11.1 Å². The molecule has 0 aliphatic rings. The van der Waals surface area contributed by atoms with Gasteiger partial charge in [-0.25, -0.2) is 4.98 Å². The monoisotopic (exact) mass is 191 g/mol. The second kappa shape index (κ2) is 4.65. The van der Waals surface area contributed by atoms with E-state index in [0.29, 0.717) is 0 Å². The van der Waals surface area contributed by atoms with Gasteiger partial charge in [0.15, 0.2) is 0 Å². The second-order valence-corrected chi connectivity index (χ2v) is 3.59. The van der Waals surface area contributed by atoms with E-state index >= 15 is 0 Å². The minimum atomic E-state index is 0.778. The van der Waals surface area contributed by atoms with Gasteiger partial charge in [0.25, 0.3) is 0 Å². The van der Waals surface area contributed by atoms with Gasteiger partial charge in [0.1, 0.15) is 5.82 Å². The Morgan fingerprint density at radius 1 is 1.57 bits per heavy atom. The Morgan fingerprint density at radius 2 is 2.29 bits per heavy atom. The number of allylic oxidation sites excluding steroid dienone is 1. The lowest BCUT2D eigenvalue weighted by atomic mass is 10.2. The van der Waals surface area contributed by atoms with Crippen LogP contribution in [0.25, 0.3) is 0 Å². The number of nitrogens with two attached hydrogens (primary N) is 1. The van der Waals surface area contributed by atoms with Crippen LogP contribution in [0.4, 0.5) is 11.5 Å². The average Bonchev–Trinajstić information content (AvgIpc) is 2.10. The van der Waals surface area contributed by atoms with Crippen molar-refractivity contribution in [1.82, 2.24) is 4.98 Å². The first-order valence-corrected chi connectivity index (χ1v) is 4.69. The number of hydrogen-bond acceptors (Lipinski definition) is 3. The van der Waals surface area contributed by atoms with Gasteiger partial charge in [-0.2, -0.15) is 0 Å². The van der Waals surface area contributed by atoms with E-state index in [1.807, 2.05) is 13.0 Å². The number of rotatable bonds is 3. The largest absolute Gasteiger partial charge is 0.398 e. The molecule has 1 heterocycles. The zero-order valence-corrected chi connectivity index (χ0v) is 8.96. The summed E-state index contributed by atoms with van der Waals surface area (Å²) in [4.78, 5) is 4.22. The Kier molecular flexibility index (Phi) is 3.51. The first-order chi connectivity index (χ1) is 6.59. The van der Waals surface area contributed by atoms with Gasteiger partial charge in [-0.3, -0.25) is 0 Å². The summed E-state index contributed by atoms with van der Waals surface area (Å²) in [5.74, 6) is 0.825. The number of pyridine rings is 1. The lowest BCUT2D eigenvalue weighted by Crippen LogP contribution is -2.02. The maximum atomic E-state index is 5.76. The highest BCUT2D eigenvalue weighted by atomic mass is 15.0. The Morgan fingerprint density at radius 3 is 2.86 bits per heavy atom. The van der Waals surface area contributed by atoms with Crippen molar-refractivity contribution in [2.45, 2.75) is 20.8 Å². The van der Waals surface area contributed by atoms with Crippen LogP contribution in [0.2, 0.25) is 0 Å². The summed E-state index contributed by atoms with van der Waals surface area (Å²) in [6, 6.07) is 1.86. The Labute approximate surface area is 85.0 Å². The van der Waals surface area contributed by atoms with E-state index in [9.17, 15) is 0 Å². The van der Waals surface area contributed by atoms with Crippen LogP contribution in [0.1, 0.15) is 19.4 Å². The zero-order chi connectivity index (χ0) is 10.6. The van der Waals surface area contributed by atoms with Crippen molar-refractivity contribution in [2.24, 2.45) is 0 Å². The summed E-state index contributed by atoms with van der Waals surface area (Å²) in [5.41, 5.74) is 8.84. The number of nitrogens with zero attached hydrogens (tertiary/aromatic N) is 1. The van der Waals surface area contributed by atoms with Gasteiger partial charge in [0, 0.05) is 24.5 Å². The average molecular weight is 191 g/mol. The van der Waals surface area contributed by atoms with Crippen LogP contribution in [0, 0.1) is 6.92 Å². The van der Waals surface area contributed by atoms with Gasteiger partial charge >= 0.3 is 0 Å². The summed E-state index contributed by atoms with van der Waals surface area (Å²) in [7, 11) is 0. The number of hydrogen-bond donors (Lipinski definition) is 2. The van der Waals surface area contributed by atoms with E-state index in [1.165, 1.54) is 5.57 Å². The van der Waals surface area contributed by atoms with Gasteiger partial charge in [-0.1, -0.05) is 11.6 Å². The summed E-state index contributed by atoms with van der Waals surface area (Å²) in [5, 5.41) is 3.18. The fourth-order valence-electron chi connectivity index (χ4n) is 0.996. The van der Waals surface area contributed by atoms with Crippen LogP contribution in [-0.2, 0) is 0 Å². The van der Waals surface area contributed by atoms with Gasteiger partial charge in [-0.05, 0) is 26.3 Å². The second-order valence-electron chi connectivity index (χ2n) is 3.59. The number of anilines is 2. The fourth-order valence-corrected chi connectivity index (χ4v) is 0.996. The van der Waals surface area contributed by atoms with Crippen LogP contribution < -0.4 is 11.1 Å². The molecule has 0 bridgehead atoms. The molecule has 0 aliphatic heterocycles. The van der Waals surface area contributed by atoms with Crippen LogP contribution >= 0.6 is 0 Å². The fraction of sp³-hybridized carbons (Fsp3) is 0.364. The quantitative estimate of drug-likeness (QED) is 0.721. The normalized spacial score (nSPS) is 9.64. The molecule has 0 fully saturated rings. The summed E-state index contributed by atoms with van der Waals surface area (Å²) in [6.07, 6.45) is 3.89. The minimum absolute atomic E-state index is 0.778. The number of aryl methyl sites for hydroxylation is 1. The molecular weight excluding hydrogens is 174 g/mol. The molecule has 3 heteroatoms. The summed E-state index contributed by atoms with van der Waals surface area (Å²) < 4.78 is 0. The molecule has 0 amide bonds. The standard InChI is InChI=1S/C11H17N3/c1-8(2)4-5-13-11-6-10(12)9(3)7-14-11/h4,6-7H,5H2,1-3H3,(H3,12,13,14). The van der Waals surface area contributed by atoms with Crippen LogP contribution in [0.15, 0.2) is 23.9 Å². The maximum Gasteiger partial charge on any atom is 0.128 e. The lowest BCUT2D eigenvalue weighted by molar-refractivity contribution is 1.19. The van der Waals surface area contributed by atoms with Crippen LogP contribution in [0.5, 0.6) is 0 Å². The molecule has 0 saturated carbocycles. The van der Waals surface area contributed by atoms with Crippen LogP contribution in [-0.4, -0.2) is 11.5 Å². The molecule has 1 aromatic rings. The molecule has 14 heavy (non-hydrogen) atoms. The highest BCUT2D eigenvalue weighted by molar-refractivity contribution is 5.53. The molecular formula is C11H17N3. The molecule has 0 unspecified atom stereocenters. The van der Waals surface area contributed by atoms with Crippen molar-refractivity contribution in [3.8, 4) is 0 Å². The van der Waals surface area contributed by atoms with E-state index in [4.69, 9.17) is 5.73 Å². The van der Waals surface area contributed by atoms with Crippen molar-refractivity contribution in [2.75, 3.05) is 17.6 Å². The van der Waals surface area contributed by atoms with E-state index in [-0.39, 0.29) is 0 Å².